The highest BCUT2D eigenvalue weighted by molar-refractivity contribution is 6.30. The molecule has 41 heavy (non-hydrogen) atoms. The molecular weight excluding hydrogens is 520 g/mol. The van der Waals surface area contributed by atoms with E-state index < -0.39 is 0 Å². The lowest BCUT2D eigenvalue weighted by atomic mass is 9.86. The summed E-state index contributed by atoms with van der Waals surface area (Å²) in [6, 6.07) is 28.3. The lowest BCUT2D eigenvalue weighted by Crippen LogP contribution is -2.12. The van der Waals surface area contributed by atoms with E-state index in [1.54, 1.807) is 0 Å². The number of aromatic nitrogens is 2. The van der Waals surface area contributed by atoms with Gasteiger partial charge in [-0.1, -0.05) is 148 Å². The van der Waals surface area contributed by atoms with Crippen LogP contribution in [0, 0.1) is 6.92 Å². The fourth-order valence-corrected chi connectivity index (χ4v) is 3.33. The summed E-state index contributed by atoms with van der Waals surface area (Å²) in [5, 5.41) is 0.794. The van der Waals surface area contributed by atoms with Gasteiger partial charge in [-0.3, -0.25) is 9.97 Å². The number of aryl methyl sites for hydroxylation is 1. The molecule has 0 aliphatic heterocycles. The summed E-state index contributed by atoms with van der Waals surface area (Å²) in [5.74, 6) is 0. The Morgan fingerprint density at radius 2 is 1.07 bits per heavy atom. The Hall–Kier alpha value is -2.97. The second-order valence-electron chi connectivity index (χ2n) is 13.1. The molecule has 2 aromatic carbocycles. The van der Waals surface area contributed by atoms with E-state index in [2.05, 4.69) is 136 Å². The molecule has 0 amide bonds. The van der Waals surface area contributed by atoms with Crippen LogP contribution in [0.15, 0.2) is 104 Å². The van der Waals surface area contributed by atoms with Crippen molar-refractivity contribution in [2.45, 2.75) is 106 Å². The molecule has 0 unspecified atom stereocenters. The molecule has 0 bridgehead atoms. The molecular formula is C38H55ClN2. The van der Waals surface area contributed by atoms with E-state index in [1.165, 1.54) is 23.1 Å². The van der Waals surface area contributed by atoms with Crippen LogP contribution in [0.3, 0.4) is 0 Å². The minimum Gasteiger partial charge on any atom is -0.265 e. The van der Waals surface area contributed by atoms with E-state index in [0.717, 1.165) is 10.7 Å². The van der Waals surface area contributed by atoms with Crippen molar-refractivity contribution in [2.75, 3.05) is 0 Å². The van der Waals surface area contributed by atoms with Gasteiger partial charge < -0.3 is 0 Å². The molecule has 4 rings (SSSR count). The summed E-state index contributed by atoms with van der Waals surface area (Å²) in [5.41, 5.74) is 5.96. The predicted octanol–water partition coefficient (Wildman–Crippen LogP) is 11.8. The molecule has 0 fully saturated rings. The number of nitrogens with zero attached hydrogens (tertiary/aromatic N) is 2. The molecule has 4 aromatic rings. The smallest absolute Gasteiger partial charge is 0.0457 e. The number of hydrogen-bond donors (Lipinski definition) is 0. The van der Waals surface area contributed by atoms with E-state index in [-0.39, 0.29) is 16.2 Å². The maximum Gasteiger partial charge on any atom is 0.0457 e. The third-order valence-electron chi connectivity index (χ3n) is 5.60. The highest BCUT2D eigenvalue weighted by Crippen LogP contribution is 2.22. The van der Waals surface area contributed by atoms with Crippen molar-refractivity contribution in [1.29, 1.82) is 0 Å². The maximum atomic E-state index is 5.54. The predicted molar refractivity (Wildman–Crippen MR) is 183 cm³/mol. The zero-order chi connectivity index (χ0) is 31.5. The maximum absolute atomic E-state index is 5.54. The van der Waals surface area contributed by atoms with Crippen LogP contribution < -0.4 is 0 Å². The fraction of sp³-hybridized carbons (Fsp3) is 0.421. The zero-order valence-electron chi connectivity index (χ0n) is 27.8. The van der Waals surface area contributed by atoms with Gasteiger partial charge in [0, 0.05) is 34.7 Å². The summed E-state index contributed by atoms with van der Waals surface area (Å²) in [6.07, 6.45) is 6.75. The molecule has 0 atom stereocenters. The Balaban J connectivity index is 0.000000508. The van der Waals surface area contributed by atoms with E-state index >= 15 is 0 Å². The molecule has 3 heteroatoms. The molecule has 2 nitrogen and oxygen atoms in total. The molecule has 0 aliphatic carbocycles. The summed E-state index contributed by atoms with van der Waals surface area (Å²) in [7, 11) is 0. The van der Waals surface area contributed by atoms with Crippen molar-refractivity contribution < 1.29 is 0 Å². The van der Waals surface area contributed by atoms with Crippen LogP contribution in [0.4, 0.5) is 0 Å². The van der Waals surface area contributed by atoms with Crippen molar-refractivity contribution in [3.8, 4) is 0 Å². The molecule has 2 aromatic heterocycles. The topological polar surface area (TPSA) is 25.8 Å². The normalized spacial score (nSPS) is 10.7. The molecule has 0 saturated carbocycles. The van der Waals surface area contributed by atoms with Gasteiger partial charge in [0.25, 0.3) is 0 Å². The van der Waals surface area contributed by atoms with E-state index in [0.29, 0.717) is 0 Å². The van der Waals surface area contributed by atoms with Gasteiger partial charge in [0.2, 0.25) is 0 Å². The molecule has 0 N–H and O–H groups in total. The third kappa shape index (κ3) is 18.9. The Bertz CT molecular complexity index is 1120. The SMILES string of the molecule is CC(C)(C)c1ccccn1.CC(C)(C)c1ccncc1.CCC.Cc1cccc(C(C)(C)C)c1.Clc1ccccc1. The first kappa shape index (κ1) is 38.0. The minimum absolute atomic E-state index is 0.182. The second kappa shape index (κ2) is 19.2. The first-order valence-electron chi connectivity index (χ1n) is 14.6. The van der Waals surface area contributed by atoms with Gasteiger partial charge in [-0.15, -0.1) is 0 Å². The van der Waals surface area contributed by atoms with E-state index in [1.807, 2.05) is 61.1 Å². The molecule has 2 heterocycles. The number of halogens is 1. The monoisotopic (exact) mass is 574 g/mol. The Morgan fingerprint density at radius 1 is 0.561 bits per heavy atom. The number of benzene rings is 2. The van der Waals surface area contributed by atoms with Gasteiger partial charge in [-0.2, -0.15) is 0 Å². The standard InChI is InChI=1S/C11H16.2C9H13N.C6H5Cl.C3H8/c1-9-6-5-7-10(8-9)11(2,3)4;1-9(2,3)8-4-6-10-7-5-8;1-9(2,3)8-6-4-5-7-10-8;7-6-4-2-1-3-5-6;1-3-2/h5-8H,1-4H3;2*4-7H,1-3H3;1-5H;3H2,1-2H3. The summed E-state index contributed by atoms with van der Waals surface area (Å²) < 4.78 is 0. The number of pyridine rings is 2. The van der Waals surface area contributed by atoms with Crippen molar-refractivity contribution in [1.82, 2.24) is 9.97 Å². The van der Waals surface area contributed by atoms with Gasteiger partial charge in [0.05, 0.1) is 0 Å². The summed E-state index contributed by atoms with van der Waals surface area (Å²) >= 11 is 5.54. The van der Waals surface area contributed by atoms with Crippen LogP contribution in [0.5, 0.6) is 0 Å². The van der Waals surface area contributed by atoms with Crippen LogP contribution in [-0.4, -0.2) is 9.97 Å². The van der Waals surface area contributed by atoms with Crippen LogP contribution in [0.25, 0.3) is 0 Å². The van der Waals surface area contributed by atoms with E-state index in [4.69, 9.17) is 11.6 Å². The average molecular weight is 575 g/mol. The van der Waals surface area contributed by atoms with Crippen molar-refractivity contribution in [3.05, 3.63) is 131 Å². The molecule has 0 saturated heterocycles. The van der Waals surface area contributed by atoms with Gasteiger partial charge in [0.1, 0.15) is 0 Å². The van der Waals surface area contributed by atoms with E-state index in [9.17, 15) is 0 Å². The van der Waals surface area contributed by atoms with Crippen LogP contribution in [0.1, 0.15) is 105 Å². The van der Waals surface area contributed by atoms with Crippen LogP contribution in [0.2, 0.25) is 5.02 Å². The lowest BCUT2D eigenvalue weighted by Gasteiger charge is -2.19. The molecule has 0 radical (unpaired) electrons. The number of hydrogen-bond acceptors (Lipinski definition) is 2. The summed E-state index contributed by atoms with van der Waals surface area (Å²) in [6.45, 7) is 26.2. The van der Waals surface area contributed by atoms with Gasteiger partial charge in [0.15, 0.2) is 0 Å². The van der Waals surface area contributed by atoms with Gasteiger partial charge in [-0.05, 0) is 65.3 Å². The van der Waals surface area contributed by atoms with Crippen molar-refractivity contribution in [2.24, 2.45) is 0 Å². The summed E-state index contributed by atoms with van der Waals surface area (Å²) in [4.78, 5) is 8.21. The molecule has 224 valence electrons. The third-order valence-corrected chi connectivity index (χ3v) is 5.85. The van der Waals surface area contributed by atoms with Gasteiger partial charge >= 0.3 is 0 Å². The van der Waals surface area contributed by atoms with Crippen LogP contribution in [-0.2, 0) is 16.2 Å². The highest BCUT2D eigenvalue weighted by atomic mass is 35.5. The minimum atomic E-state index is 0.182. The van der Waals surface area contributed by atoms with Gasteiger partial charge in [-0.25, -0.2) is 0 Å². The second-order valence-corrected chi connectivity index (χ2v) is 13.5. The highest BCUT2D eigenvalue weighted by Gasteiger charge is 2.14. The first-order valence-corrected chi connectivity index (χ1v) is 15.0. The fourth-order valence-electron chi connectivity index (χ4n) is 3.18. The largest absolute Gasteiger partial charge is 0.265 e. The number of rotatable bonds is 0. The Labute approximate surface area is 257 Å². The lowest BCUT2D eigenvalue weighted by molar-refractivity contribution is 0.569. The van der Waals surface area contributed by atoms with Crippen molar-refractivity contribution in [3.63, 3.8) is 0 Å². The molecule has 0 spiro atoms. The van der Waals surface area contributed by atoms with Crippen molar-refractivity contribution >= 4 is 11.6 Å². The quantitative estimate of drug-likeness (QED) is 0.209. The first-order chi connectivity index (χ1) is 19.0. The average Bonchev–Trinajstić information content (AvgIpc) is 2.90. The zero-order valence-corrected chi connectivity index (χ0v) is 28.6. The Morgan fingerprint density at radius 3 is 1.37 bits per heavy atom. The van der Waals surface area contributed by atoms with Crippen LogP contribution >= 0.6 is 11.6 Å². The molecule has 0 aliphatic rings. The Kier molecular flexibility index (Phi) is 17.8.